The molecule has 0 aromatic rings. The van der Waals surface area contributed by atoms with Crippen LogP contribution in [0.15, 0.2) is 0 Å². The Bertz CT molecular complexity index is 15.5. The summed E-state index contributed by atoms with van der Waals surface area (Å²) in [6, 6.07) is 0. The molecule has 0 rings (SSSR count). The van der Waals surface area contributed by atoms with E-state index in [-0.39, 0.29) is 218 Å². The second-order valence-corrected chi connectivity index (χ2v) is 0. The van der Waals surface area contributed by atoms with E-state index in [1.54, 1.807) is 0 Å². The summed E-state index contributed by atoms with van der Waals surface area (Å²) in [6.07, 6.45) is 0. The van der Waals surface area contributed by atoms with Gasteiger partial charge in [0, 0.05) is 218 Å². The Balaban J connectivity index is 0. The summed E-state index contributed by atoms with van der Waals surface area (Å²) < 4.78 is 0. The Kier molecular flexibility index (Phi) is 186. The van der Waals surface area contributed by atoms with Crippen molar-refractivity contribution in [3.63, 3.8) is 0 Å². The van der Waals surface area contributed by atoms with Crippen molar-refractivity contribution in [2.75, 3.05) is 0 Å². The van der Waals surface area contributed by atoms with Crippen LogP contribution in [0, 0.1) is 159 Å². The van der Waals surface area contributed by atoms with Crippen LogP contribution >= 0.6 is 0 Å². The second-order valence-electron chi connectivity index (χ2n) is 0. The van der Waals surface area contributed by atoms with Crippen LogP contribution in [0.5, 0.6) is 0 Å². The third-order valence-corrected chi connectivity index (χ3v) is 0. The zero-order valence-electron chi connectivity index (χ0n) is 3.23. The minimum atomic E-state index is 0. The fraction of sp³-hybridized carbons (Fsp3) is 0. The third kappa shape index (κ3) is 22.5. The molecule has 0 unspecified atom stereocenters. The van der Waals surface area contributed by atoms with E-state index < -0.39 is 0 Å². The summed E-state index contributed by atoms with van der Waals surface area (Å²) >= 11 is 0. The smallest absolute Gasteiger partial charge is 0 e. The molecule has 0 nitrogen and oxygen atoms in total. The summed E-state index contributed by atoms with van der Waals surface area (Å²) in [5.41, 5.74) is 0. The van der Waals surface area contributed by atoms with E-state index in [0.29, 0.717) is 0 Å². The predicted octanol–water partition coefficient (Wildman–Crippen LogP) is -0.00500. The molecule has 0 saturated carbocycles. The maximum atomic E-state index is 0. The van der Waals surface area contributed by atoms with Crippen LogP contribution in [0.25, 0.3) is 0 Å². The SMILES string of the molecule is [Ce].[La].[Nd].[Pr].[Y].[Zr]. The van der Waals surface area contributed by atoms with E-state index in [2.05, 4.69) is 0 Å². The molecule has 6 heavy (non-hydrogen) atoms. The van der Waals surface area contributed by atoms with Crippen LogP contribution in [0.3, 0.4) is 0 Å². The molecule has 0 aliphatic rings. The maximum Gasteiger partial charge on any atom is 0 e. The Morgan fingerprint density at radius 1 is 1.00 bits per heavy atom. The van der Waals surface area contributed by atoms with Gasteiger partial charge in [-0.2, -0.15) is 0 Å². The van der Waals surface area contributed by atoms with Crippen molar-refractivity contribution in [2.45, 2.75) is 0 Å². The van der Waals surface area contributed by atoms with Crippen LogP contribution < -0.4 is 0 Å². The number of hydrogen-bond donors (Lipinski definition) is 0. The molecule has 0 bridgehead atoms. The molecule has 0 saturated heterocycles. The van der Waals surface area contributed by atoms with Gasteiger partial charge in [0.25, 0.3) is 0 Å². The summed E-state index contributed by atoms with van der Waals surface area (Å²) in [5, 5.41) is 0. The number of hydrogen-bond acceptors (Lipinski definition) is 0. The van der Waals surface area contributed by atoms with E-state index in [0.717, 1.165) is 0 Å². The molecule has 3 radical (unpaired) electrons. The zero-order chi connectivity index (χ0) is 0. The summed E-state index contributed by atoms with van der Waals surface area (Å²) in [6.45, 7) is 0. The van der Waals surface area contributed by atoms with Gasteiger partial charge in [-0.3, -0.25) is 0 Å². The molecule has 0 N–H and O–H groups in total. The van der Waals surface area contributed by atoms with Crippen molar-refractivity contribution in [1.82, 2.24) is 0 Å². The van der Waals surface area contributed by atoms with Crippen LogP contribution in [-0.4, -0.2) is 0 Å². The first-order valence-corrected chi connectivity index (χ1v) is 0. The van der Waals surface area contributed by atoms with Gasteiger partial charge in [0.2, 0.25) is 0 Å². The molecule has 0 amide bonds. The molecule has 21 valence electrons. The zero-order valence-corrected chi connectivity index (χ0v) is 22.2. The largest absolute Gasteiger partial charge is 0 e. The Labute approximate surface area is 210 Å². The monoisotopic (exact) mass is 740 g/mol. The van der Waals surface area contributed by atoms with Crippen LogP contribution in [-0.2, 0) is 58.9 Å². The van der Waals surface area contributed by atoms with Crippen molar-refractivity contribution < 1.29 is 218 Å². The van der Waals surface area contributed by atoms with Crippen molar-refractivity contribution in [2.24, 2.45) is 0 Å². The average Bonchev–Trinajstić information content (AvgIpc) is 0. The van der Waals surface area contributed by atoms with Gasteiger partial charge in [0.05, 0.1) is 0 Å². The van der Waals surface area contributed by atoms with Crippen molar-refractivity contribution in [3.8, 4) is 0 Å². The van der Waals surface area contributed by atoms with Gasteiger partial charge in [-0.15, -0.1) is 0 Å². The quantitative estimate of drug-likeness (QED) is 0.328. The molecular weight excluding hydrogens is 744 g/mol. The molecule has 6 heteroatoms. The van der Waals surface area contributed by atoms with Crippen molar-refractivity contribution >= 4 is 0 Å². The van der Waals surface area contributed by atoms with E-state index in [9.17, 15) is 0 Å². The van der Waals surface area contributed by atoms with E-state index in [4.69, 9.17) is 0 Å². The normalized spacial score (nSPS) is 0. The first kappa shape index (κ1) is 37.8. The van der Waals surface area contributed by atoms with Gasteiger partial charge in [-0.1, -0.05) is 0 Å². The van der Waals surface area contributed by atoms with Crippen LogP contribution in [0.2, 0.25) is 0 Å². The minimum absolute atomic E-state index is 0. The van der Waals surface area contributed by atoms with E-state index >= 15 is 0 Å². The van der Waals surface area contributed by atoms with Crippen molar-refractivity contribution in [3.05, 3.63) is 0 Å². The van der Waals surface area contributed by atoms with Gasteiger partial charge in [-0.25, -0.2) is 0 Å². The molecule has 0 fully saturated rings. The summed E-state index contributed by atoms with van der Waals surface area (Å²) in [5.74, 6) is 0. The van der Waals surface area contributed by atoms with Gasteiger partial charge in [0.1, 0.15) is 0 Å². The molecule has 0 aliphatic carbocycles. The van der Waals surface area contributed by atoms with Gasteiger partial charge < -0.3 is 0 Å². The number of rotatable bonds is 0. The Morgan fingerprint density at radius 3 is 1.00 bits per heavy atom. The maximum absolute atomic E-state index is 0. The molecule has 0 aliphatic heterocycles. The van der Waals surface area contributed by atoms with E-state index in [1.807, 2.05) is 0 Å². The first-order chi connectivity index (χ1) is 0. The molecule has 0 aromatic heterocycles. The average molecular weight is 744 g/mol. The fourth-order valence-electron chi connectivity index (χ4n) is 0. The minimum Gasteiger partial charge on any atom is 0 e. The second kappa shape index (κ2) is 29.5. The fourth-order valence-corrected chi connectivity index (χ4v) is 0. The molecule has 0 spiro atoms. The molecular formula is CeLaNdPrYZr. The summed E-state index contributed by atoms with van der Waals surface area (Å²) in [4.78, 5) is 0. The Hall–Kier alpha value is 7.27. The van der Waals surface area contributed by atoms with Crippen molar-refractivity contribution in [1.29, 1.82) is 0 Å². The molecule has 0 atom stereocenters. The third-order valence-electron chi connectivity index (χ3n) is 0. The van der Waals surface area contributed by atoms with E-state index in [1.165, 1.54) is 0 Å². The standard InChI is InChI=1S/Ce.La.Nd.Pr.Y.Zr. The van der Waals surface area contributed by atoms with Gasteiger partial charge in [0.15, 0.2) is 0 Å². The van der Waals surface area contributed by atoms with Crippen LogP contribution in [0.4, 0.5) is 0 Å². The van der Waals surface area contributed by atoms with Crippen LogP contribution in [0.1, 0.15) is 0 Å². The van der Waals surface area contributed by atoms with Gasteiger partial charge in [-0.05, 0) is 0 Å². The Morgan fingerprint density at radius 2 is 1.00 bits per heavy atom. The summed E-state index contributed by atoms with van der Waals surface area (Å²) in [7, 11) is 0. The molecule has 0 heterocycles. The first-order valence-electron chi connectivity index (χ1n) is 0. The molecule has 0 aromatic carbocycles. The topological polar surface area (TPSA) is 0 Å². The van der Waals surface area contributed by atoms with Gasteiger partial charge >= 0.3 is 0 Å². The predicted molar refractivity (Wildman–Crippen MR) is 0 cm³/mol.